The Morgan fingerprint density at radius 1 is 1.20 bits per heavy atom. The number of para-hydroxylation sites is 1. The molecule has 0 saturated heterocycles. The highest BCUT2D eigenvalue weighted by Gasteiger charge is 2.13. The Labute approximate surface area is 150 Å². The number of rotatable bonds is 7. The fourth-order valence-electron chi connectivity index (χ4n) is 2.23. The lowest BCUT2D eigenvalue weighted by Crippen LogP contribution is -2.30. The maximum absolute atomic E-state index is 11.9. The first-order chi connectivity index (χ1) is 12.0. The van der Waals surface area contributed by atoms with Gasteiger partial charge in [0, 0.05) is 17.3 Å². The zero-order chi connectivity index (χ0) is 18.2. The quantitative estimate of drug-likeness (QED) is 0.583. The lowest BCUT2D eigenvalue weighted by molar-refractivity contribution is -0.124. The monoisotopic (exact) mass is 362 g/mol. The van der Waals surface area contributed by atoms with Crippen LogP contribution < -0.4 is 15.8 Å². The third-order valence-electron chi connectivity index (χ3n) is 3.48. The van der Waals surface area contributed by atoms with Crippen molar-refractivity contribution in [1.29, 1.82) is 0 Å². The summed E-state index contributed by atoms with van der Waals surface area (Å²) in [6, 6.07) is 12.0. The highest BCUT2D eigenvalue weighted by molar-refractivity contribution is 6.31. The molecule has 7 heteroatoms. The lowest BCUT2D eigenvalue weighted by atomic mass is 10.1. The third-order valence-corrected chi connectivity index (χ3v) is 3.71. The number of nitrogens with two attached hydrogens (primary N) is 1. The molecule has 0 aliphatic heterocycles. The summed E-state index contributed by atoms with van der Waals surface area (Å²) in [5.74, 6) is -0.300. The van der Waals surface area contributed by atoms with E-state index in [2.05, 4.69) is 5.32 Å². The van der Waals surface area contributed by atoms with Gasteiger partial charge < -0.3 is 20.5 Å². The van der Waals surface area contributed by atoms with E-state index in [4.69, 9.17) is 26.8 Å². The molecule has 0 aromatic heterocycles. The van der Waals surface area contributed by atoms with E-state index in [0.717, 1.165) is 11.3 Å². The number of carbonyl (C=O) groups excluding carboxylic acids is 2. The van der Waals surface area contributed by atoms with Crippen LogP contribution in [0.1, 0.15) is 15.9 Å². The van der Waals surface area contributed by atoms with Crippen LogP contribution in [0.2, 0.25) is 5.02 Å². The van der Waals surface area contributed by atoms with Crippen LogP contribution in [-0.2, 0) is 16.0 Å². The second kappa shape index (κ2) is 8.94. The number of nitrogens with one attached hydrogen (secondary N) is 1. The Bertz CT molecular complexity index is 764. The largest absolute Gasteiger partial charge is 0.496 e. The summed E-state index contributed by atoms with van der Waals surface area (Å²) in [7, 11) is 1.60. The van der Waals surface area contributed by atoms with E-state index in [1.807, 2.05) is 24.3 Å². The second-order valence-electron chi connectivity index (χ2n) is 5.22. The molecule has 0 aliphatic carbocycles. The average Bonchev–Trinajstić information content (AvgIpc) is 2.60. The Morgan fingerprint density at radius 2 is 1.96 bits per heavy atom. The molecule has 0 bridgehead atoms. The number of nitrogen functional groups attached to an aromatic ring is 1. The van der Waals surface area contributed by atoms with E-state index in [9.17, 15) is 9.59 Å². The molecule has 0 unspecified atom stereocenters. The number of carbonyl (C=O) groups is 2. The van der Waals surface area contributed by atoms with Crippen LogP contribution in [-0.4, -0.2) is 32.1 Å². The van der Waals surface area contributed by atoms with Crippen molar-refractivity contribution in [2.45, 2.75) is 6.42 Å². The van der Waals surface area contributed by atoms with E-state index < -0.39 is 11.9 Å². The molecule has 0 radical (unpaired) electrons. The normalized spacial score (nSPS) is 10.2. The predicted molar refractivity (Wildman–Crippen MR) is 95.9 cm³/mol. The lowest BCUT2D eigenvalue weighted by Gasteiger charge is -2.10. The minimum Gasteiger partial charge on any atom is -0.496 e. The molecule has 25 heavy (non-hydrogen) atoms. The topological polar surface area (TPSA) is 90.6 Å². The van der Waals surface area contributed by atoms with Gasteiger partial charge in [0.15, 0.2) is 6.61 Å². The van der Waals surface area contributed by atoms with Crippen LogP contribution in [0, 0.1) is 0 Å². The van der Waals surface area contributed by atoms with Crippen molar-refractivity contribution < 1.29 is 19.1 Å². The number of methoxy groups -OCH3 is 1. The molecule has 0 spiro atoms. The molecule has 0 saturated carbocycles. The van der Waals surface area contributed by atoms with Gasteiger partial charge in [0.1, 0.15) is 5.75 Å². The van der Waals surface area contributed by atoms with Crippen molar-refractivity contribution in [1.82, 2.24) is 5.32 Å². The smallest absolute Gasteiger partial charge is 0.340 e. The summed E-state index contributed by atoms with van der Waals surface area (Å²) in [5, 5.41) is 3.11. The zero-order valence-corrected chi connectivity index (χ0v) is 14.5. The number of esters is 1. The molecule has 6 nitrogen and oxygen atoms in total. The highest BCUT2D eigenvalue weighted by atomic mass is 35.5. The standard InChI is InChI=1S/C18H19ClN2O4/c1-24-16-5-3-2-4-12(16)8-9-21-17(22)11-25-18(23)14-7-6-13(19)10-15(14)20/h2-7,10H,8-9,11,20H2,1H3,(H,21,22). The minimum absolute atomic E-state index is 0.172. The third kappa shape index (κ3) is 5.39. The van der Waals surface area contributed by atoms with Gasteiger partial charge in [0.2, 0.25) is 0 Å². The molecule has 3 N–H and O–H groups in total. The first-order valence-electron chi connectivity index (χ1n) is 7.62. The van der Waals surface area contributed by atoms with Crippen LogP contribution in [0.25, 0.3) is 0 Å². The van der Waals surface area contributed by atoms with Gasteiger partial charge in [-0.25, -0.2) is 4.79 Å². The first kappa shape index (κ1) is 18.6. The van der Waals surface area contributed by atoms with Crippen LogP contribution in [0.15, 0.2) is 42.5 Å². The Balaban J connectivity index is 1.78. The maximum Gasteiger partial charge on any atom is 0.340 e. The Kier molecular flexibility index (Phi) is 6.65. The molecule has 0 atom stereocenters. The molecule has 1 amide bonds. The summed E-state index contributed by atoms with van der Waals surface area (Å²) in [5.41, 5.74) is 7.06. The second-order valence-corrected chi connectivity index (χ2v) is 5.66. The molecule has 0 aliphatic rings. The van der Waals surface area contributed by atoms with Gasteiger partial charge in [0.25, 0.3) is 5.91 Å². The summed E-state index contributed by atoms with van der Waals surface area (Å²) in [6.07, 6.45) is 0.605. The van der Waals surface area contributed by atoms with Gasteiger partial charge in [-0.2, -0.15) is 0 Å². The van der Waals surface area contributed by atoms with Crippen LogP contribution in [0.3, 0.4) is 0 Å². The fourth-order valence-corrected chi connectivity index (χ4v) is 2.41. The fraction of sp³-hybridized carbons (Fsp3) is 0.222. The van der Waals surface area contributed by atoms with Crippen molar-refractivity contribution >= 4 is 29.2 Å². The maximum atomic E-state index is 11.9. The van der Waals surface area contributed by atoms with Gasteiger partial charge in [0.05, 0.1) is 12.7 Å². The van der Waals surface area contributed by atoms with Crippen molar-refractivity contribution in [2.75, 3.05) is 26.0 Å². The Hall–Kier alpha value is -2.73. The van der Waals surface area contributed by atoms with Crippen LogP contribution in [0.5, 0.6) is 5.75 Å². The molecule has 0 heterocycles. The van der Waals surface area contributed by atoms with E-state index in [-0.39, 0.29) is 17.9 Å². The van der Waals surface area contributed by atoms with E-state index in [1.165, 1.54) is 18.2 Å². The number of halogens is 1. The first-order valence-corrected chi connectivity index (χ1v) is 8.00. The van der Waals surface area contributed by atoms with Crippen molar-refractivity contribution in [3.8, 4) is 5.75 Å². The minimum atomic E-state index is -0.672. The Morgan fingerprint density at radius 3 is 2.68 bits per heavy atom. The number of anilines is 1. The van der Waals surface area contributed by atoms with E-state index >= 15 is 0 Å². The number of hydrogen-bond acceptors (Lipinski definition) is 5. The molecule has 2 aromatic rings. The molecule has 2 aromatic carbocycles. The zero-order valence-electron chi connectivity index (χ0n) is 13.8. The van der Waals surface area contributed by atoms with Crippen LogP contribution >= 0.6 is 11.6 Å². The summed E-state index contributed by atoms with van der Waals surface area (Å²) < 4.78 is 10.2. The molecule has 132 valence electrons. The van der Waals surface area contributed by atoms with E-state index in [0.29, 0.717) is 18.0 Å². The SMILES string of the molecule is COc1ccccc1CCNC(=O)COC(=O)c1ccc(Cl)cc1N. The van der Waals surface area contributed by atoms with Crippen molar-refractivity contribution in [2.24, 2.45) is 0 Å². The summed E-state index contributed by atoms with van der Waals surface area (Å²) >= 11 is 5.77. The summed E-state index contributed by atoms with van der Waals surface area (Å²) in [6.45, 7) is 0.0205. The number of benzene rings is 2. The van der Waals surface area contributed by atoms with Gasteiger partial charge in [-0.05, 0) is 36.2 Å². The molecular formula is C18H19ClN2O4. The van der Waals surface area contributed by atoms with Crippen molar-refractivity contribution in [3.05, 3.63) is 58.6 Å². The van der Waals surface area contributed by atoms with Gasteiger partial charge in [-0.3, -0.25) is 4.79 Å². The molecular weight excluding hydrogens is 344 g/mol. The van der Waals surface area contributed by atoms with E-state index in [1.54, 1.807) is 7.11 Å². The highest BCUT2D eigenvalue weighted by Crippen LogP contribution is 2.19. The van der Waals surface area contributed by atoms with Gasteiger partial charge in [-0.15, -0.1) is 0 Å². The average molecular weight is 363 g/mol. The van der Waals surface area contributed by atoms with Crippen LogP contribution in [0.4, 0.5) is 5.69 Å². The van der Waals surface area contributed by atoms with Gasteiger partial charge in [-0.1, -0.05) is 29.8 Å². The van der Waals surface area contributed by atoms with Gasteiger partial charge >= 0.3 is 5.97 Å². The summed E-state index contributed by atoms with van der Waals surface area (Å²) in [4.78, 5) is 23.7. The number of hydrogen-bond donors (Lipinski definition) is 2. The number of ether oxygens (including phenoxy) is 2. The number of amides is 1. The molecule has 0 fully saturated rings. The predicted octanol–water partition coefficient (Wildman–Crippen LogP) is 2.45. The van der Waals surface area contributed by atoms with Crippen molar-refractivity contribution in [3.63, 3.8) is 0 Å². The molecule has 2 rings (SSSR count).